The van der Waals surface area contributed by atoms with Crippen molar-refractivity contribution in [2.45, 2.75) is 337 Å². The van der Waals surface area contributed by atoms with E-state index in [1.807, 2.05) is 111 Å². The summed E-state index contributed by atoms with van der Waals surface area (Å²) in [6, 6.07) is 15.8. The first-order valence-corrected chi connectivity index (χ1v) is 47.8. The molecule has 127 heavy (non-hydrogen) atoms. The Hall–Kier alpha value is -7.36. The van der Waals surface area contributed by atoms with Gasteiger partial charge in [0.15, 0.2) is 0 Å². The summed E-state index contributed by atoms with van der Waals surface area (Å²) in [6.45, 7) is 61.6. The van der Waals surface area contributed by atoms with E-state index in [0.717, 1.165) is 188 Å². The number of hydrogen-bond donors (Lipinski definition) is 0. The lowest BCUT2D eigenvalue weighted by molar-refractivity contribution is -0.130. The maximum absolute atomic E-state index is 14.1. The molecule has 13 rings (SSSR count). The highest BCUT2D eigenvalue weighted by molar-refractivity contribution is 5.78. The molecular formula is C108H167FN10O8. The van der Waals surface area contributed by atoms with Crippen LogP contribution in [0.15, 0.2) is 129 Å². The Labute approximate surface area is 767 Å². The molecule has 0 aromatic carbocycles. The van der Waals surface area contributed by atoms with Gasteiger partial charge in [0.05, 0.1) is 51.3 Å². The maximum atomic E-state index is 14.1. The zero-order valence-corrected chi connectivity index (χ0v) is 83.4. The molecule has 6 saturated heterocycles. The molecule has 7 aromatic heterocycles. The number of pyridine rings is 7. The third-order valence-electron chi connectivity index (χ3n) is 24.9. The molecule has 7 aromatic rings. The van der Waals surface area contributed by atoms with Gasteiger partial charge in [0.25, 0.3) is 0 Å². The van der Waals surface area contributed by atoms with Gasteiger partial charge < -0.3 is 43.1 Å². The number of alkyl halides is 1. The second-order valence-electron chi connectivity index (χ2n) is 43.5. The van der Waals surface area contributed by atoms with Gasteiger partial charge in [-0.3, -0.25) is 44.5 Å². The predicted molar refractivity (Wildman–Crippen MR) is 517 cm³/mol. The van der Waals surface area contributed by atoms with Crippen LogP contribution in [-0.2, 0) is 121 Å². The summed E-state index contributed by atoms with van der Waals surface area (Å²) in [5, 5.41) is 0. The van der Waals surface area contributed by atoms with E-state index in [-0.39, 0.29) is 61.9 Å². The van der Waals surface area contributed by atoms with E-state index in [4.69, 9.17) is 28.4 Å². The van der Waals surface area contributed by atoms with Crippen LogP contribution in [0.4, 0.5) is 4.39 Å². The lowest BCUT2D eigenvalue weighted by Gasteiger charge is -2.32. The van der Waals surface area contributed by atoms with Crippen LogP contribution in [0.3, 0.4) is 0 Å². The van der Waals surface area contributed by atoms with Crippen molar-refractivity contribution in [2.24, 2.45) is 17.8 Å². The highest BCUT2D eigenvalue weighted by Gasteiger charge is 2.32. The van der Waals surface area contributed by atoms with E-state index in [1.54, 1.807) is 14.0 Å². The maximum Gasteiger partial charge on any atom is 0.222 e. The summed E-state index contributed by atoms with van der Waals surface area (Å²) in [5.74, 6) is 1.81. The van der Waals surface area contributed by atoms with Gasteiger partial charge in [-0.15, -0.1) is 0 Å². The number of ether oxygens (including phenoxy) is 6. The Morgan fingerprint density at radius 2 is 0.843 bits per heavy atom. The largest absolute Gasteiger partial charge is 0.385 e. The Morgan fingerprint density at radius 3 is 1.22 bits per heavy atom. The van der Waals surface area contributed by atoms with Crippen LogP contribution in [0.25, 0.3) is 0 Å². The van der Waals surface area contributed by atoms with Crippen molar-refractivity contribution in [2.75, 3.05) is 106 Å². The van der Waals surface area contributed by atoms with Crippen molar-refractivity contribution in [1.82, 2.24) is 49.6 Å². The third kappa shape index (κ3) is 39.3. The van der Waals surface area contributed by atoms with Crippen LogP contribution in [-0.4, -0.2) is 192 Å². The quantitative estimate of drug-likeness (QED) is 0.0582. The Morgan fingerprint density at radius 1 is 0.441 bits per heavy atom. The van der Waals surface area contributed by atoms with Crippen molar-refractivity contribution < 1.29 is 42.4 Å². The highest BCUT2D eigenvalue weighted by atomic mass is 19.1. The summed E-state index contributed by atoms with van der Waals surface area (Å²) >= 11 is 0. The monoisotopic (exact) mass is 1750 g/mol. The Balaban J connectivity index is 0.000000203. The zero-order valence-electron chi connectivity index (χ0n) is 83.4. The van der Waals surface area contributed by atoms with Crippen LogP contribution in [0, 0.1) is 17.8 Å². The molecule has 6 aliphatic heterocycles. The third-order valence-corrected chi connectivity index (χ3v) is 24.9. The van der Waals surface area contributed by atoms with Gasteiger partial charge in [0, 0.05) is 166 Å². The first kappa shape index (κ1) is 107. The molecule has 0 aliphatic carbocycles. The number of carbonyl (C=O) groups excluding carboxylic acids is 2. The summed E-state index contributed by atoms with van der Waals surface area (Å²) < 4.78 is 47.1. The molecule has 2 amide bonds. The summed E-state index contributed by atoms with van der Waals surface area (Å²) in [4.78, 5) is 59.3. The molecule has 0 spiro atoms. The van der Waals surface area contributed by atoms with Gasteiger partial charge in [-0.2, -0.15) is 0 Å². The van der Waals surface area contributed by atoms with E-state index >= 15 is 0 Å². The SMILES string of the molecule is CC(=O)N1CCC(Cc2cncc(C(C)(C)C)c2)CC1.CC(C)(C)c1cncc(CCC2CCCO2)c1.CC(C)(C)c1cncc(CCC2COCCO2)c1.CC(C)(C)c1cncc(CCCN2CCCC2=O)c1.CCOC1COCC1Cc1cncc(C(C)(C)C)c1.CN1CCC(Cc2cncc(C(C)(C)C)c2)C(F)C1.COCCCc1cncc(C(C)(C)C)c1. The molecule has 0 bridgehead atoms. The van der Waals surface area contributed by atoms with Crippen molar-refractivity contribution >= 4 is 11.8 Å². The number of piperidine rings is 2. The predicted octanol–water partition coefficient (Wildman–Crippen LogP) is 21.5. The highest BCUT2D eigenvalue weighted by Crippen LogP contribution is 2.33. The van der Waals surface area contributed by atoms with Crippen LogP contribution in [0.1, 0.15) is 308 Å². The fraction of sp³-hybridized carbons (Fsp3) is 0.657. The number of aromatic nitrogens is 7. The number of rotatable bonds is 22. The summed E-state index contributed by atoms with van der Waals surface area (Å²) in [7, 11) is 3.73. The van der Waals surface area contributed by atoms with Crippen molar-refractivity contribution in [3.63, 3.8) is 0 Å². The number of amides is 2. The summed E-state index contributed by atoms with van der Waals surface area (Å²) in [6.07, 6.45) is 46.3. The zero-order chi connectivity index (χ0) is 93.2. The fourth-order valence-corrected chi connectivity index (χ4v) is 16.1. The standard InChI is InChI=1S/C17H26N2O.C16H25FN2.C16H24N2O.C16H25NO2.C15H23NO2.C15H23NO.C13H21NO/c1-13(20)19-7-5-14(6-8-19)9-15-10-16(12-18-11-15)17(2,3)4;1-16(2,3)14-8-12(9-18-10-14)7-13-5-6-19(4)11-15(13)17;1-16(2,3)14-10-13(11-17-12-14)6-4-8-18-9-5-7-15(18)19;1-5-19-15-11-18-10-13(15)6-12-7-14(9-17-8-12)16(2,3)4;1-15(2,3)13-8-12(9-16-10-13)4-5-14-11-17-6-7-18-14;1-15(2,3)13-9-12(10-16-11-13)6-7-14-5-4-8-17-14;1-13(2,3)12-8-11(9-14-10-12)6-5-7-15-4/h10-12,14H,5-9H2,1-4H3;8-10,13,15H,5-7,11H2,1-4H3;10-12H,4-9H2,1-3H3;7-9,13,15H,5-6,10-11H2,1-4H3;8-10,14H,4-7,11H2,1-3H3;9-11,14H,4-8H2,1-3H3;8-10H,5-7H2,1-4H3. The number of aryl methyl sites for hydroxylation is 4. The average Bonchev–Trinajstić information content (AvgIpc) is 1.44. The van der Waals surface area contributed by atoms with Gasteiger partial charge >= 0.3 is 0 Å². The molecule has 6 unspecified atom stereocenters. The van der Waals surface area contributed by atoms with Crippen LogP contribution >= 0.6 is 0 Å². The van der Waals surface area contributed by atoms with E-state index in [0.29, 0.717) is 30.4 Å². The van der Waals surface area contributed by atoms with Gasteiger partial charge in [0.1, 0.15) is 6.17 Å². The molecule has 6 fully saturated rings. The molecule has 18 nitrogen and oxygen atoms in total. The molecule has 6 aliphatic rings. The fourth-order valence-electron chi connectivity index (χ4n) is 16.1. The first-order chi connectivity index (χ1) is 59.8. The van der Waals surface area contributed by atoms with E-state index in [1.165, 1.54) is 90.7 Å². The number of nitrogens with zero attached hydrogens (tertiary/aromatic N) is 10. The molecule has 704 valence electrons. The molecule has 0 saturated carbocycles. The van der Waals surface area contributed by atoms with Gasteiger partial charge in [0.2, 0.25) is 11.8 Å². The smallest absolute Gasteiger partial charge is 0.222 e. The van der Waals surface area contributed by atoms with E-state index in [2.05, 4.69) is 228 Å². The second kappa shape index (κ2) is 51.4. The normalized spacial score (nSPS) is 19.7. The molecular weight excluding hydrogens is 1580 g/mol. The van der Waals surface area contributed by atoms with Gasteiger partial charge in [-0.25, -0.2) is 4.39 Å². The van der Waals surface area contributed by atoms with Crippen molar-refractivity contribution in [3.8, 4) is 0 Å². The average molecular weight is 1750 g/mol. The first-order valence-electron chi connectivity index (χ1n) is 47.8. The minimum atomic E-state index is -0.711. The van der Waals surface area contributed by atoms with E-state index in [9.17, 15) is 14.0 Å². The van der Waals surface area contributed by atoms with Gasteiger partial charge in [-0.05, 0) is 257 Å². The second-order valence-corrected chi connectivity index (χ2v) is 43.5. The lowest BCUT2D eigenvalue weighted by atomic mass is 9.85. The lowest BCUT2D eigenvalue weighted by Crippen LogP contribution is -2.40. The number of carbonyl (C=O) groups is 2. The summed E-state index contributed by atoms with van der Waals surface area (Å²) in [5.41, 5.74) is 19.1. The van der Waals surface area contributed by atoms with Crippen LogP contribution < -0.4 is 0 Å². The molecule has 0 radical (unpaired) electrons. The number of likely N-dealkylation sites (tertiary alicyclic amines) is 3. The number of hydrogen-bond acceptors (Lipinski definition) is 16. The molecule has 6 atom stereocenters. The van der Waals surface area contributed by atoms with Crippen molar-refractivity contribution in [3.05, 3.63) is 207 Å². The molecule has 0 N–H and O–H groups in total. The topological polar surface area (TPSA) is 189 Å². The van der Waals surface area contributed by atoms with Gasteiger partial charge in [-0.1, -0.05) is 188 Å². The minimum Gasteiger partial charge on any atom is -0.385 e. The number of methoxy groups -OCH3 is 1. The van der Waals surface area contributed by atoms with E-state index < -0.39 is 6.17 Å². The Bertz CT molecular complexity index is 4280. The minimum absolute atomic E-state index is 0.102. The van der Waals surface area contributed by atoms with Crippen LogP contribution in [0.2, 0.25) is 0 Å². The molecule has 19 heteroatoms. The van der Waals surface area contributed by atoms with Crippen LogP contribution in [0.5, 0.6) is 0 Å². The Kier molecular flexibility index (Phi) is 43.2. The number of halogens is 1. The molecule has 13 heterocycles. The van der Waals surface area contributed by atoms with Crippen molar-refractivity contribution in [1.29, 1.82) is 0 Å².